The van der Waals surface area contributed by atoms with Crippen LogP contribution >= 0.6 is 0 Å². The molecule has 0 aromatic heterocycles. The van der Waals surface area contributed by atoms with E-state index in [1.807, 2.05) is 6.92 Å². The average Bonchev–Trinajstić information content (AvgIpc) is 2.47. The molecule has 0 aromatic rings. The van der Waals surface area contributed by atoms with Crippen LogP contribution in [-0.2, 0) is 28.8 Å². The Morgan fingerprint density at radius 3 is 2.55 bits per heavy atom. The molecule has 6 nitrogen and oxygen atoms in total. The highest BCUT2D eigenvalue weighted by atomic mass is 32.2. The van der Waals surface area contributed by atoms with E-state index < -0.39 is 26.3 Å². The summed E-state index contributed by atoms with van der Waals surface area (Å²) in [6, 6.07) is 0. The molecular weight excluding hydrogens is 284 g/mol. The lowest BCUT2D eigenvalue weighted by atomic mass is 10.2. The van der Waals surface area contributed by atoms with E-state index in [0.717, 1.165) is 0 Å². The number of sulfone groups is 1. The maximum absolute atomic E-state index is 12.3. The second kappa shape index (κ2) is 8.59. The molecule has 20 heavy (non-hydrogen) atoms. The van der Waals surface area contributed by atoms with Crippen molar-refractivity contribution in [2.24, 2.45) is 0 Å². The Bertz CT molecular complexity index is 386. The van der Waals surface area contributed by atoms with Crippen LogP contribution in [0, 0.1) is 0 Å². The molecule has 0 aliphatic carbocycles. The first kappa shape index (κ1) is 17.4. The summed E-state index contributed by atoms with van der Waals surface area (Å²) in [5, 5.41) is -1.61. The van der Waals surface area contributed by atoms with Gasteiger partial charge in [-0.25, -0.2) is 8.42 Å². The second-order valence-corrected chi connectivity index (χ2v) is 7.31. The standard InChI is InChI=1S/C13H24O6S/c1-3-17-7-4-8-19-13(14)11(2)20(15,16)12-5-9-18-10-6-12/h11-12H,3-10H2,1-2H3. The fraction of sp³-hybridized carbons (Fsp3) is 0.923. The first-order valence-electron chi connectivity index (χ1n) is 7.05. The van der Waals surface area contributed by atoms with E-state index in [9.17, 15) is 13.2 Å². The molecule has 1 aliphatic rings. The van der Waals surface area contributed by atoms with Gasteiger partial charge in [0, 0.05) is 32.8 Å². The normalized spacial score (nSPS) is 18.7. The molecule has 1 aliphatic heterocycles. The lowest BCUT2D eigenvalue weighted by molar-refractivity contribution is -0.143. The summed E-state index contributed by atoms with van der Waals surface area (Å²) in [7, 11) is -3.49. The molecule has 0 radical (unpaired) electrons. The van der Waals surface area contributed by atoms with Crippen molar-refractivity contribution >= 4 is 15.8 Å². The van der Waals surface area contributed by atoms with Gasteiger partial charge in [-0.05, 0) is 26.7 Å². The van der Waals surface area contributed by atoms with Gasteiger partial charge in [0.2, 0.25) is 0 Å². The number of ether oxygens (including phenoxy) is 3. The van der Waals surface area contributed by atoms with Crippen LogP contribution < -0.4 is 0 Å². The zero-order valence-electron chi connectivity index (χ0n) is 12.2. The Morgan fingerprint density at radius 1 is 1.30 bits per heavy atom. The molecule has 0 aromatic carbocycles. The quantitative estimate of drug-likeness (QED) is 0.490. The SMILES string of the molecule is CCOCCCOC(=O)C(C)S(=O)(=O)C1CCOCC1. The van der Waals surface area contributed by atoms with Gasteiger partial charge in [-0.1, -0.05) is 0 Å². The third-order valence-electron chi connectivity index (χ3n) is 3.34. The summed E-state index contributed by atoms with van der Waals surface area (Å²) >= 11 is 0. The molecule has 1 unspecified atom stereocenters. The van der Waals surface area contributed by atoms with Crippen molar-refractivity contribution in [3.63, 3.8) is 0 Å². The van der Waals surface area contributed by atoms with Gasteiger partial charge in [0.15, 0.2) is 15.1 Å². The fourth-order valence-electron chi connectivity index (χ4n) is 2.02. The van der Waals surface area contributed by atoms with E-state index in [1.165, 1.54) is 6.92 Å². The number of carbonyl (C=O) groups excluding carboxylic acids is 1. The lowest BCUT2D eigenvalue weighted by Crippen LogP contribution is -2.39. The van der Waals surface area contributed by atoms with Gasteiger partial charge in [0.25, 0.3) is 0 Å². The molecule has 0 N–H and O–H groups in total. The molecule has 7 heteroatoms. The zero-order chi connectivity index (χ0) is 15.0. The van der Waals surface area contributed by atoms with Gasteiger partial charge in [-0.15, -0.1) is 0 Å². The zero-order valence-corrected chi connectivity index (χ0v) is 13.0. The maximum Gasteiger partial charge on any atom is 0.324 e. The molecule has 0 bridgehead atoms. The van der Waals surface area contributed by atoms with Crippen LogP contribution in [0.15, 0.2) is 0 Å². The van der Waals surface area contributed by atoms with E-state index in [0.29, 0.717) is 45.7 Å². The van der Waals surface area contributed by atoms with E-state index in [4.69, 9.17) is 14.2 Å². The van der Waals surface area contributed by atoms with Gasteiger partial charge in [0.05, 0.1) is 11.9 Å². The summed E-state index contributed by atoms with van der Waals surface area (Å²) in [5.74, 6) is -0.673. The Balaban J connectivity index is 2.42. The molecule has 1 rings (SSSR count). The smallest absolute Gasteiger partial charge is 0.324 e. The minimum absolute atomic E-state index is 0.187. The van der Waals surface area contributed by atoms with Crippen LogP contribution in [-0.4, -0.2) is 57.9 Å². The van der Waals surface area contributed by atoms with Crippen LogP contribution in [0.2, 0.25) is 0 Å². The highest BCUT2D eigenvalue weighted by molar-refractivity contribution is 7.93. The van der Waals surface area contributed by atoms with Crippen molar-refractivity contribution in [3.8, 4) is 0 Å². The topological polar surface area (TPSA) is 78.9 Å². The number of esters is 1. The molecule has 0 spiro atoms. The highest BCUT2D eigenvalue weighted by Crippen LogP contribution is 2.20. The number of rotatable bonds is 8. The lowest BCUT2D eigenvalue weighted by Gasteiger charge is -2.24. The predicted octanol–water partition coefficient (Wildman–Crippen LogP) is 0.938. The summed E-state index contributed by atoms with van der Waals surface area (Å²) in [6.45, 7) is 5.45. The highest BCUT2D eigenvalue weighted by Gasteiger charge is 2.37. The van der Waals surface area contributed by atoms with Crippen LogP contribution in [0.4, 0.5) is 0 Å². The molecule has 118 valence electrons. The minimum Gasteiger partial charge on any atom is -0.465 e. The molecule has 1 atom stereocenters. The predicted molar refractivity (Wildman–Crippen MR) is 74.3 cm³/mol. The summed E-state index contributed by atoms with van der Waals surface area (Å²) in [4.78, 5) is 11.8. The van der Waals surface area contributed by atoms with Crippen molar-refractivity contribution in [3.05, 3.63) is 0 Å². The Morgan fingerprint density at radius 2 is 1.95 bits per heavy atom. The van der Waals surface area contributed by atoms with Crippen molar-refractivity contribution in [1.29, 1.82) is 0 Å². The van der Waals surface area contributed by atoms with Crippen LogP contribution in [0.5, 0.6) is 0 Å². The van der Waals surface area contributed by atoms with Gasteiger partial charge >= 0.3 is 5.97 Å². The third-order valence-corrected chi connectivity index (χ3v) is 5.92. The maximum atomic E-state index is 12.3. The summed E-state index contributed by atoms with van der Waals surface area (Å²) in [5.41, 5.74) is 0. The van der Waals surface area contributed by atoms with Crippen LogP contribution in [0.25, 0.3) is 0 Å². The van der Waals surface area contributed by atoms with Gasteiger partial charge < -0.3 is 14.2 Å². The van der Waals surface area contributed by atoms with Gasteiger partial charge in [-0.2, -0.15) is 0 Å². The van der Waals surface area contributed by atoms with E-state index >= 15 is 0 Å². The first-order chi connectivity index (χ1) is 9.50. The van der Waals surface area contributed by atoms with E-state index in [2.05, 4.69) is 0 Å². The monoisotopic (exact) mass is 308 g/mol. The van der Waals surface area contributed by atoms with Crippen LogP contribution in [0.1, 0.15) is 33.1 Å². The average molecular weight is 308 g/mol. The van der Waals surface area contributed by atoms with Gasteiger partial charge in [-0.3, -0.25) is 4.79 Å². The molecule has 1 fully saturated rings. The van der Waals surface area contributed by atoms with Gasteiger partial charge in [0.1, 0.15) is 0 Å². The molecular formula is C13H24O6S. The Kier molecular flexibility index (Phi) is 7.47. The summed E-state index contributed by atoms with van der Waals surface area (Å²) < 4.78 is 39.8. The van der Waals surface area contributed by atoms with Crippen molar-refractivity contribution < 1.29 is 27.4 Å². The fourth-order valence-corrected chi connectivity index (χ4v) is 3.79. The number of hydrogen-bond donors (Lipinski definition) is 0. The van der Waals surface area contributed by atoms with Crippen molar-refractivity contribution in [2.75, 3.05) is 33.0 Å². The Labute approximate surface area is 120 Å². The van der Waals surface area contributed by atoms with Crippen LogP contribution in [0.3, 0.4) is 0 Å². The van der Waals surface area contributed by atoms with Crippen molar-refractivity contribution in [2.45, 2.75) is 43.6 Å². The largest absolute Gasteiger partial charge is 0.465 e. The molecule has 0 amide bonds. The summed E-state index contributed by atoms with van der Waals surface area (Å²) in [6.07, 6.45) is 1.47. The third kappa shape index (κ3) is 5.03. The first-order valence-corrected chi connectivity index (χ1v) is 8.66. The second-order valence-electron chi connectivity index (χ2n) is 4.76. The Hall–Kier alpha value is -0.660. The number of hydrogen-bond acceptors (Lipinski definition) is 6. The molecule has 0 saturated carbocycles. The molecule has 1 saturated heterocycles. The molecule has 1 heterocycles. The van der Waals surface area contributed by atoms with E-state index in [-0.39, 0.29) is 6.61 Å². The number of carbonyl (C=O) groups is 1. The van der Waals surface area contributed by atoms with Crippen molar-refractivity contribution in [1.82, 2.24) is 0 Å². The van der Waals surface area contributed by atoms with E-state index in [1.54, 1.807) is 0 Å². The minimum atomic E-state index is -3.49.